The highest BCUT2D eigenvalue weighted by Crippen LogP contribution is 2.11. The summed E-state index contributed by atoms with van der Waals surface area (Å²) >= 11 is 3.46. The molecule has 82 valence electrons. The maximum absolute atomic E-state index is 3.46. The van der Waals surface area contributed by atoms with Crippen molar-refractivity contribution in [3.05, 3.63) is 76.3 Å². The molecule has 2 aromatic rings. The van der Waals surface area contributed by atoms with E-state index in [1.165, 1.54) is 0 Å². The van der Waals surface area contributed by atoms with Crippen LogP contribution in [0.15, 0.2) is 65.1 Å². The lowest BCUT2D eigenvalue weighted by Crippen LogP contribution is -1.73. The molecule has 0 amide bonds. The average molecular weight is 283 g/mol. The van der Waals surface area contributed by atoms with Crippen LogP contribution in [-0.4, -0.2) is 0 Å². The molecular formula is C16H11Br. The van der Waals surface area contributed by atoms with E-state index in [1.54, 1.807) is 0 Å². The van der Waals surface area contributed by atoms with E-state index in [9.17, 15) is 0 Å². The Balaban J connectivity index is 2.15. The first kappa shape index (κ1) is 11.7. The second-order valence-electron chi connectivity index (χ2n) is 3.52. The van der Waals surface area contributed by atoms with Crippen LogP contribution in [0.3, 0.4) is 0 Å². The highest BCUT2D eigenvalue weighted by molar-refractivity contribution is 9.12. The molecule has 0 unspecified atom stereocenters. The topological polar surface area (TPSA) is 0 Å². The second-order valence-corrected chi connectivity index (χ2v) is 4.37. The Bertz CT molecular complexity index is 557. The molecule has 0 N–H and O–H groups in total. The molecule has 0 spiro atoms. The summed E-state index contributed by atoms with van der Waals surface area (Å²) in [6.45, 7) is 0. The van der Waals surface area contributed by atoms with Crippen LogP contribution in [0.2, 0.25) is 0 Å². The molecule has 2 rings (SSSR count). The van der Waals surface area contributed by atoms with Gasteiger partial charge >= 0.3 is 0 Å². The highest BCUT2D eigenvalue weighted by atomic mass is 79.9. The van der Waals surface area contributed by atoms with Crippen LogP contribution < -0.4 is 0 Å². The van der Waals surface area contributed by atoms with Crippen molar-refractivity contribution < 1.29 is 0 Å². The third-order valence-electron chi connectivity index (χ3n) is 2.19. The van der Waals surface area contributed by atoms with Gasteiger partial charge in [-0.15, -0.1) is 0 Å². The fourth-order valence-electron chi connectivity index (χ4n) is 1.39. The van der Waals surface area contributed by atoms with Gasteiger partial charge in [0.05, 0.1) is 4.48 Å². The molecule has 1 heteroatoms. The molecule has 0 aliphatic heterocycles. The lowest BCUT2D eigenvalue weighted by Gasteiger charge is -1.91. The summed E-state index contributed by atoms with van der Waals surface area (Å²) in [6.07, 6.45) is 2.01. The van der Waals surface area contributed by atoms with E-state index in [2.05, 4.69) is 27.8 Å². The molecule has 0 nitrogen and oxygen atoms in total. The molecule has 0 fully saturated rings. The van der Waals surface area contributed by atoms with E-state index < -0.39 is 0 Å². The summed E-state index contributed by atoms with van der Waals surface area (Å²) in [4.78, 5) is 0. The minimum atomic E-state index is 0.882. The summed E-state index contributed by atoms with van der Waals surface area (Å²) in [5.41, 5.74) is 2.16. The number of rotatable bonds is 1. The second kappa shape index (κ2) is 6.08. The van der Waals surface area contributed by atoms with Crippen LogP contribution >= 0.6 is 15.9 Å². The molecule has 0 saturated carbocycles. The monoisotopic (exact) mass is 282 g/mol. The fourth-order valence-corrected chi connectivity index (χ4v) is 1.75. The number of halogens is 1. The number of hydrogen-bond donors (Lipinski definition) is 0. The molecule has 0 bridgehead atoms. The van der Waals surface area contributed by atoms with Crippen molar-refractivity contribution in [1.82, 2.24) is 0 Å². The number of benzene rings is 2. The van der Waals surface area contributed by atoms with Crippen molar-refractivity contribution in [1.29, 1.82) is 0 Å². The fraction of sp³-hybridized carbons (Fsp3) is 0. The molecular weight excluding hydrogens is 272 g/mol. The highest BCUT2D eigenvalue weighted by Gasteiger charge is 1.88. The Morgan fingerprint density at radius 3 is 2.12 bits per heavy atom. The molecule has 0 aromatic heterocycles. The first-order valence-corrected chi connectivity index (χ1v) is 6.13. The maximum atomic E-state index is 3.46. The third-order valence-corrected chi connectivity index (χ3v) is 2.62. The molecule has 0 aliphatic rings. The molecule has 0 saturated heterocycles. The van der Waals surface area contributed by atoms with Gasteiger partial charge in [0, 0.05) is 5.56 Å². The number of hydrogen-bond acceptors (Lipinski definition) is 0. The first-order chi connectivity index (χ1) is 8.34. The van der Waals surface area contributed by atoms with Gasteiger partial charge in [0.2, 0.25) is 0 Å². The van der Waals surface area contributed by atoms with Gasteiger partial charge in [0.1, 0.15) is 0 Å². The Kier molecular flexibility index (Phi) is 4.18. The summed E-state index contributed by atoms with van der Waals surface area (Å²) < 4.78 is 0.882. The van der Waals surface area contributed by atoms with Crippen LogP contribution in [0.25, 0.3) is 6.08 Å². The standard InChI is InChI=1S/C16H11Br/c17-16(13-15-9-5-2-6-10-15)12-11-14-7-3-1-4-8-14/h1-10,13H/b16-13-. The van der Waals surface area contributed by atoms with E-state index >= 15 is 0 Å². The van der Waals surface area contributed by atoms with Crippen LogP contribution in [0.5, 0.6) is 0 Å². The summed E-state index contributed by atoms with van der Waals surface area (Å²) in [5, 5.41) is 0. The molecule has 0 atom stereocenters. The SMILES string of the molecule is Br/C(C#Cc1ccccc1)=C\c1ccccc1. The van der Waals surface area contributed by atoms with Crippen LogP contribution in [0.1, 0.15) is 11.1 Å². The van der Waals surface area contributed by atoms with Crippen LogP contribution in [0, 0.1) is 11.8 Å². The van der Waals surface area contributed by atoms with E-state index in [4.69, 9.17) is 0 Å². The van der Waals surface area contributed by atoms with Crippen LogP contribution in [0.4, 0.5) is 0 Å². The third kappa shape index (κ3) is 3.94. The lowest BCUT2D eigenvalue weighted by molar-refractivity contribution is 1.65. The first-order valence-electron chi connectivity index (χ1n) is 5.34. The minimum absolute atomic E-state index is 0.882. The number of allylic oxidation sites excluding steroid dienone is 1. The van der Waals surface area contributed by atoms with Gasteiger partial charge in [-0.25, -0.2) is 0 Å². The quantitative estimate of drug-likeness (QED) is 0.677. The molecule has 0 radical (unpaired) electrons. The van der Waals surface area contributed by atoms with Crippen molar-refractivity contribution in [3.8, 4) is 11.8 Å². The summed E-state index contributed by atoms with van der Waals surface area (Å²) in [6, 6.07) is 20.1. The van der Waals surface area contributed by atoms with E-state index in [1.807, 2.05) is 66.7 Å². The zero-order chi connectivity index (χ0) is 11.9. The van der Waals surface area contributed by atoms with Gasteiger partial charge in [-0.1, -0.05) is 60.4 Å². The van der Waals surface area contributed by atoms with Gasteiger partial charge < -0.3 is 0 Å². The van der Waals surface area contributed by atoms with E-state index in [0.717, 1.165) is 15.6 Å². The zero-order valence-corrected chi connectivity index (χ0v) is 10.8. The lowest BCUT2D eigenvalue weighted by atomic mass is 10.2. The van der Waals surface area contributed by atoms with Gasteiger partial charge in [-0.3, -0.25) is 0 Å². The Morgan fingerprint density at radius 1 is 0.882 bits per heavy atom. The zero-order valence-electron chi connectivity index (χ0n) is 9.23. The molecule has 2 aromatic carbocycles. The predicted molar refractivity (Wildman–Crippen MR) is 76.7 cm³/mol. The van der Waals surface area contributed by atoms with Crippen molar-refractivity contribution in [2.45, 2.75) is 0 Å². The van der Waals surface area contributed by atoms with Gasteiger partial charge in [-0.2, -0.15) is 0 Å². The van der Waals surface area contributed by atoms with Crippen LogP contribution in [-0.2, 0) is 0 Å². The molecule has 0 heterocycles. The smallest absolute Gasteiger partial charge is 0.0622 e. The summed E-state index contributed by atoms with van der Waals surface area (Å²) in [5.74, 6) is 6.17. The Hall–Kier alpha value is -1.78. The Morgan fingerprint density at radius 2 is 1.47 bits per heavy atom. The Labute approximate surface area is 110 Å². The maximum Gasteiger partial charge on any atom is 0.0683 e. The molecule has 17 heavy (non-hydrogen) atoms. The minimum Gasteiger partial charge on any atom is -0.0622 e. The van der Waals surface area contributed by atoms with Gasteiger partial charge in [0.15, 0.2) is 0 Å². The normalized spacial score (nSPS) is 10.5. The van der Waals surface area contributed by atoms with Crippen molar-refractivity contribution in [2.24, 2.45) is 0 Å². The van der Waals surface area contributed by atoms with E-state index in [0.29, 0.717) is 0 Å². The average Bonchev–Trinajstić information content (AvgIpc) is 2.39. The van der Waals surface area contributed by atoms with E-state index in [-0.39, 0.29) is 0 Å². The summed E-state index contributed by atoms with van der Waals surface area (Å²) in [7, 11) is 0. The predicted octanol–water partition coefficient (Wildman–Crippen LogP) is 4.47. The largest absolute Gasteiger partial charge is 0.0683 e. The van der Waals surface area contributed by atoms with Gasteiger partial charge in [0.25, 0.3) is 0 Å². The van der Waals surface area contributed by atoms with Crippen molar-refractivity contribution in [3.63, 3.8) is 0 Å². The molecule has 0 aliphatic carbocycles. The van der Waals surface area contributed by atoms with Gasteiger partial charge in [-0.05, 0) is 39.7 Å². The van der Waals surface area contributed by atoms with Crippen molar-refractivity contribution >= 4 is 22.0 Å². The van der Waals surface area contributed by atoms with Crippen molar-refractivity contribution in [2.75, 3.05) is 0 Å².